The van der Waals surface area contributed by atoms with Crippen LogP contribution in [-0.4, -0.2) is 19.6 Å². The monoisotopic (exact) mass is 637 g/mol. The van der Waals surface area contributed by atoms with Crippen molar-refractivity contribution >= 4 is 43.9 Å². The average Bonchev–Trinajstić information content (AvgIpc) is 3.40. The zero-order chi connectivity index (χ0) is 22.6. The number of pyridine rings is 2. The first-order valence-corrected chi connectivity index (χ1v) is 10.8. The molecule has 6 nitrogen and oxygen atoms in total. The fourth-order valence-corrected chi connectivity index (χ4v) is 4.48. The summed E-state index contributed by atoms with van der Waals surface area (Å²) in [6.07, 6.45) is 1.78. The van der Waals surface area contributed by atoms with Gasteiger partial charge in [0, 0.05) is 44.6 Å². The first kappa shape index (κ1) is 21.4. The van der Waals surface area contributed by atoms with E-state index in [-0.39, 0.29) is 26.8 Å². The quantitative estimate of drug-likeness (QED) is 0.217. The van der Waals surface area contributed by atoms with Crippen LogP contribution < -0.4 is 4.74 Å². The molecule has 7 heteroatoms. The predicted octanol–water partition coefficient (Wildman–Crippen LogP) is 6.77. The van der Waals surface area contributed by atoms with Crippen molar-refractivity contribution in [1.29, 1.82) is 0 Å². The van der Waals surface area contributed by atoms with Crippen LogP contribution in [0, 0.1) is 6.07 Å². The number of phenolic OH excluding ortho intramolecular Hbond substituents is 1. The fraction of sp³-hybridized carbons (Fsp3) is 0. The van der Waals surface area contributed by atoms with Gasteiger partial charge in [-0.15, -0.1) is 17.5 Å². The standard InChI is InChI=1S/C28H16N3O3.Pt/c32-22-8-5-9-23-27(22)28-24(34-23)13-14-26(30-28)33-17-11-12-19-18-6-1-2-7-20(18)31(21(19)16-17)25-10-3-4-15-29-25;/h1-15,32H;/q-1;. The minimum Gasteiger partial charge on any atom is -0.507 e. The molecule has 0 saturated carbocycles. The Morgan fingerprint density at radius 1 is 0.829 bits per heavy atom. The second kappa shape index (κ2) is 8.26. The summed E-state index contributed by atoms with van der Waals surface area (Å²) in [5.41, 5.74) is 3.62. The molecule has 4 aromatic heterocycles. The summed E-state index contributed by atoms with van der Waals surface area (Å²) in [6, 6.07) is 30.1. The van der Waals surface area contributed by atoms with Gasteiger partial charge in [0.1, 0.15) is 22.7 Å². The molecule has 3 aromatic carbocycles. The third kappa shape index (κ3) is 3.37. The first-order chi connectivity index (χ1) is 16.8. The molecule has 0 aliphatic carbocycles. The number of fused-ring (bicyclic) bond motifs is 6. The predicted molar refractivity (Wildman–Crippen MR) is 131 cm³/mol. The topological polar surface area (TPSA) is 73.3 Å². The minimum atomic E-state index is 0. The van der Waals surface area contributed by atoms with Crippen LogP contribution in [0.3, 0.4) is 0 Å². The van der Waals surface area contributed by atoms with E-state index in [9.17, 15) is 5.11 Å². The van der Waals surface area contributed by atoms with Crippen molar-refractivity contribution in [3.8, 4) is 23.2 Å². The molecule has 7 rings (SSSR count). The molecule has 0 atom stereocenters. The summed E-state index contributed by atoms with van der Waals surface area (Å²) in [5, 5.41) is 13.1. The number of nitrogens with zero attached hydrogens (tertiary/aromatic N) is 3. The summed E-state index contributed by atoms with van der Waals surface area (Å²) >= 11 is 0. The Balaban J connectivity index is 0.00000229. The Hall–Kier alpha value is -4.15. The Labute approximate surface area is 213 Å². The van der Waals surface area contributed by atoms with Gasteiger partial charge in [0.25, 0.3) is 0 Å². The van der Waals surface area contributed by atoms with Crippen molar-refractivity contribution in [2.24, 2.45) is 0 Å². The van der Waals surface area contributed by atoms with E-state index < -0.39 is 0 Å². The zero-order valence-corrected chi connectivity index (χ0v) is 20.4. The second-order valence-electron chi connectivity index (χ2n) is 7.98. The van der Waals surface area contributed by atoms with Gasteiger partial charge in [-0.3, -0.25) is 0 Å². The van der Waals surface area contributed by atoms with Crippen LogP contribution in [0.25, 0.3) is 49.7 Å². The van der Waals surface area contributed by atoms with E-state index in [2.05, 4.69) is 32.7 Å². The van der Waals surface area contributed by atoms with Gasteiger partial charge in [0.2, 0.25) is 5.88 Å². The smallest absolute Gasteiger partial charge is 0.217 e. The van der Waals surface area contributed by atoms with Crippen molar-refractivity contribution < 1.29 is 35.3 Å². The summed E-state index contributed by atoms with van der Waals surface area (Å²) in [6.45, 7) is 0. The average molecular weight is 638 g/mol. The van der Waals surface area contributed by atoms with Gasteiger partial charge in [0.05, 0.1) is 5.39 Å². The molecule has 0 fully saturated rings. The number of phenols is 1. The van der Waals surface area contributed by atoms with Gasteiger partial charge in [-0.1, -0.05) is 35.8 Å². The SMILES string of the molecule is Oc1cccc2oc3ccc(Oc4[c-]c5c(cc4)c4ccccc4n5-c4ccccn4)nc3c12.[Pt]. The number of hydrogen-bond donors (Lipinski definition) is 1. The maximum atomic E-state index is 10.3. The maximum absolute atomic E-state index is 10.3. The van der Waals surface area contributed by atoms with E-state index in [1.54, 1.807) is 36.5 Å². The number of rotatable bonds is 3. The largest absolute Gasteiger partial charge is 0.507 e. The van der Waals surface area contributed by atoms with E-state index in [0.29, 0.717) is 33.7 Å². The van der Waals surface area contributed by atoms with Crippen LogP contribution in [-0.2, 0) is 21.1 Å². The molecule has 0 unspecified atom stereocenters. The number of furan rings is 1. The van der Waals surface area contributed by atoms with Gasteiger partial charge in [0.15, 0.2) is 5.58 Å². The molecule has 0 amide bonds. The maximum Gasteiger partial charge on any atom is 0.217 e. The van der Waals surface area contributed by atoms with Gasteiger partial charge in [-0.25, -0.2) is 9.97 Å². The molecule has 0 aliphatic heterocycles. The van der Waals surface area contributed by atoms with Crippen molar-refractivity contribution in [2.45, 2.75) is 0 Å². The van der Waals surface area contributed by atoms with Crippen LogP contribution in [0.1, 0.15) is 0 Å². The molecule has 35 heavy (non-hydrogen) atoms. The number of aromatic nitrogens is 3. The Kier molecular flexibility index (Phi) is 5.05. The van der Waals surface area contributed by atoms with Gasteiger partial charge in [-0.05, 0) is 41.8 Å². The third-order valence-electron chi connectivity index (χ3n) is 5.94. The van der Waals surface area contributed by atoms with Crippen molar-refractivity contribution in [3.63, 3.8) is 0 Å². The molecular weight excluding hydrogens is 621 g/mol. The van der Waals surface area contributed by atoms with Gasteiger partial charge >= 0.3 is 0 Å². The van der Waals surface area contributed by atoms with E-state index in [1.165, 1.54) is 0 Å². The number of ether oxygens (including phenoxy) is 1. The summed E-state index contributed by atoms with van der Waals surface area (Å²) in [7, 11) is 0. The first-order valence-electron chi connectivity index (χ1n) is 10.8. The molecule has 0 radical (unpaired) electrons. The summed E-state index contributed by atoms with van der Waals surface area (Å²) < 4.78 is 14.0. The van der Waals surface area contributed by atoms with E-state index in [1.807, 2.05) is 42.5 Å². The Morgan fingerprint density at radius 2 is 1.71 bits per heavy atom. The van der Waals surface area contributed by atoms with Crippen LogP contribution in [0.15, 0.2) is 95.5 Å². The molecule has 1 N–H and O–H groups in total. The van der Waals surface area contributed by atoms with Crippen molar-refractivity contribution in [1.82, 2.24) is 14.5 Å². The van der Waals surface area contributed by atoms with Crippen LogP contribution in [0.2, 0.25) is 0 Å². The third-order valence-corrected chi connectivity index (χ3v) is 5.94. The zero-order valence-electron chi connectivity index (χ0n) is 18.1. The second-order valence-corrected chi connectivity index (χ2v) is 7.98. The minimum absolute atomic E-state index is 0. The number of hydrogen-bond acceptors (Lipinski definition) is 5. The number of para-hydroxylation sites is 1. The normalized spacial score (nSPS) is 11.3. The molecular formula is C28H16N3O3Pt-. The molecule has 0 saturated heterocycles. The van der Waals surface area contributed by atoms with Gasteiger partial charge < -0.3 is 18.8 Å². The molecule has 7 aromatic rings. The summed E-state index contributed by atoms with van der Waals surface area (Å²) in [5.74, 6) is 1.83. The van der Waals surface area contributed by atoms with E-state index in [0.717, 1.165) is 27.6 Å². The molecule has 4 heterocycles. The van der Waals surface area contributed by atoms with Crippen LogP contribution in [0.5, 0.6) is 17.4 Å². The van der Waals surface area contributed by atoms with E-state index >= 15 is 0 Å². The van der Waals surface area contributed by atoms with Crippen molar-refractivity contribution in [3.05, 3.63) is 97.2 Å². The Bertz CT molecular complexity index is 1860. The van der Waals surface area contributed by atoms with E-state index in [4.69, 9.17) is 9.15 Å². The molecule has 172 valence electrons. The molecule has 0 bridgehead atoms. The fourth-order valence-electron chi connectivity index (χ4n) is 4.48. The number of benzene rings is 3. The Morgan fingerprint density at radius 3 is 2.60 bits per heavy atom. The van der Waals surface area contributed by atoms with Gasteiger partial charge in [-0.2, -0.15) is 6.07 Å². The molecule has 0 aliphatic rings. The van der Waals surface area contributed by atoms with Crippen molar-refractivity contribution in [2.75, 3.05) is 0 Å². The molecule has 0 spiro atoms. The summed E-state index contributed by atoms with van der Waals surface area (Å²) in [4.78, 5) is 9.16. The van der Waals surface area contributed by atoms with Crippen LogP contribution >= 0.6 is 0 Å². The van der Waals surface area contributed by atoms with Crippen LogP contribution in [0.4, 0.5) is 0 Å². The number of aromatic hydroxyl groups is 1.